The zero-order valence-electron chi connectivity index (χ0n) is 11.5. The molecule has 1 N–H and O–H groups in total. The van der Waals surface area contributed by atoms with E-state index in [0.717, 1.165) is 17.0 Å². The molecule has 1 aromatic heterocycles. The number of hydrogen-bond acceptors (Lipinski definition) is 5. The van der Waals surface area contributed by atoms with Crippen molar-refractivity contribution >= 4 is 9.84 Å². The first-order valence-corrected chi connectivity index (χ1v) is 8.06. The predicted molar refractivity (Wildman–Crippen MR) is 71.3 cm³/mol. The van der Waals surface area contributed by atoms with E-state index in [4.69, 9.17) is 4.52 Å². The summed E-state index contributed by atoms with van der Waals surface area (Å²) >= 11 is 0. The number of nitrogens with zero attached hydrogens (tertiary/aromatic N) is 1. The van der Waals surface area contributed by atoms with Gasteiger partial charge in [0.2, 0.25) is 0 Å². The lowest BCUT2D eigenvalue weighted by Gasteiger charge is -2.13. The second kappa shape index (κ2) is 6.33. The van der Waals surface area contributed by atoms with Crippen LogP contribution in [0.25, 0.3) is 0 Å². The molecule has 1 unspecified atom stereocenters. The minimum atomic E-state index is -2.86. The highest BCUT2D eigenvalue weighted by molar-refractivity contribution is 7.91. The van der Waals surface area contributed by atoms with Gasteiger partial charge in [0, 0.05) is 17.4 Å². The van der Waals surface area contributed by atoms with Crippen molar-refractivity contribution in [2.75, 3.05) is 18.1 Å². The van der Waals surface area contributed by atoms with Gasteiger partial charge in [-0.1, -0.05) is 12.1 Å². The second-order valence-electron chi connectivity index (χ2n) is 4.50. The number of aromatic nitrogens is 1. The summed E-state index contributed by atoms with van der Waals surface area (Å²) in [7, 11) is -2.86. The number of rotatable bonds is 7. The molecule has 0 aliphatic rings. The van der Waals surface area contributed by atoms with Crippen LogP contribution in [0.5, 0.6) is 0 Å². The van der Waals surface area contributed by atoms with Gasteiger partial charge in [-0.15, -0.1) is 0 Å². The summed E-state index contributed by atoms with van der Waals surface area (Å²) in [6.45, 7) is 8.17. The smallest absolute Gasteiger partial charge is 0.150 e. The van der Waals surface area contributed by atoms with Crippen LogP contribution in [0.1, 0.15) is 43.3 Å². The van der Waals surface area contributed by atoms with Crippen LogP contribution in [0.2, 0.25) is 0 Å². The molecule has 1 rings (SSSR count). The second-order valence-corrected chi connectivity index (χ2v) is 6.98. The summed E-state index contributed by atoms with van der Waals surface area (Å²) in [4.78, 5) is 0. The maximum absolute atomic E-state index is 11.3. The SMILES string of the molecule is CCS(=O)(=O)CCCNC(C)c1c(C)noc1C. The van der Waals surface area contributed by atoms with Crippen molar-refractivity contribution in [3.63, 3.8) is 0 Å². The van der Waals surface area contributed by atoms with E-state index in [2.05, 4.69) is 10.5 Å². The van der Waals surface area contributed by atoms with Crippen molar-refractivity contribution in [2.24, 2.45) is 0 Å². The molecule has 5 nitrogen and oxygen atoms in total. The highest BCUT2D eigenvalue weighted by atomic mass is 32.2. The Labute approximate surface area is 109 Å². The van der Waals surface area contributed by atoms with Crippen LogP contribution in [-0.2, 0) is 9.84 Å². The third kappa shape index (κ3) is 4.10. The quantitative estimate of drug-likeness (QED) is 0.767. The number of nitrogens with one attached hydrogen (secondary N) is 1. The molecule has 1 atom stereocenters. The maximum atomic E-state index is 11.3. The van der Waals surface area contributed by atoms with Crippen molar-refractivity contribution < 1.29 is 12.9 Å². The molecule has 0 saturated carbocycles. The van der Waals surface area contributed by atoms with Crippen LogP contribution in [0.4, 0.5) is 0 Å². The summed E-state index contributed by atoms with van der Waals surface area (Å²) in [6.07, 6.45) is 0.629. The molecular weight excluding hydrogens is 252 g/mol. The molecule has 0 bridgehead atoms. The first-order valence-electron chi connectivity index (χ1n) is 6.24. The Morgan fingerprint density at radius 2 is 2.06 bits per heavy atom. The van der Waals surface area contributed by atoms with Crippen molar-refractivity contribution in [1.82, 2.24) is 10.5 Å². The third-order valence-corrected chi connectivity index (χ3v) is 4.83. The van der Waals surface area contributed by atoms with Crippen LogP contribution in [0.15, 0.2) is 4.52 Å². The van der Waals surface area contributed by atoms with E-state index in [1.165, 1.54) is 0 Å². The van der Waals surface area contributed by atoms with Gasteiger partial charge in [-0.25, -0.2) is 8.42 Å². The van der Waals surface area contributed by atoms with Gasteiger partial charge in [-0.2, -0.15) is 0 Å². The fourth-order valence-corrected chi connectivity index (χ4v) is 2.84. The van der Waals surface area contributed by atoms with Gasteiger partial charge < -0.3 is 9.84 Å². The Balaban J connectivity index is 2.41. The van der Waals surface area contributed by atoms with E-state index < -0.39 is 9.84 Å². The monoisotopic (exact) mass is 274 g/mol. The van der Waals surface area contributed by atoms with E-state index in [9.17, 15) is 8.42 Å². The standard InChI is InChI=1S/C12H22N2O3S/c1-5-18(15,16)8-6-7-13-9(2)12-10(3)14-17-11(12)4/h9,13H,5-8H2,1-4H3. The van der Waals surface area contributed by atoms with Crippen molar-refractivity contribution in [1.29, 1.82) is 0 Å². The van der Waals surface area contributed by atoms with Gasteiger partial charge in [0.1, 0.15) is 15.6 Å². The lowest BCUT2D eigenvalue weighted by atomic mass is 10.1. The summed E-state index contributed by atoms with van der Waals surface area (Å²) in [5.41, 5.74) is 1.95. The van der Waals surface area contributed by atoms with Crippen LogP contribution in [0.3, 0.4) is 0 Å². The van der Waals surface area contributed by atoms with Crippen molar-refractivity contribution in [3.05, 3.63) is 17.0 Å². The Kier molecular flexibility index (Phi) is 5.34. The third-order valence-electron chi connectivity index (χ3n) is 3.04. The molecule has 6 heteroatoms. The lowest BCUT2D eigenvalue weighted by molar-refractivity contribution is 0.390. The van der Waals surface area contributed by atoms with Crippen molar-refractivity contribution in [2.45, 2.75) is 40.2 Å². The molecule has 1 aromatic rings. The molecule has 104 valence electrons. The van der Waals surface area contributed by atoms with E-state index in [1.54, 1.807) is 6.92 Å². The molecule has 0 saturated heterocycles. The summed E-state index contributed by atoms with van der Waals surface area (Å²) in [5.74, 6) is 1.27. The highest BCUT2D eigenvalue weighted by Gasteiger charge is 2.15. The van der Waals surface area contributed by atoms with Gasteiger partial charge in [0.05, 0.1) is 11.4 Å². The Morgan fingerprint density at radius 1 is 1.39 bits per heavy atom. The summed E-state index contributed by atoms with van der Waals surface area (Å²) in [6, 6.07) is 0.126. The van der Waals surface area contributed by atoms with Crippen LogP contribution in [0, 0.1) is 13.8 Å². The largest absolute Gasteiger partial charge is 0.361 e. The lowest BCUT2D eigenvalue weighted by Crippen LogP contribution is -2.23. The fourth-order valence-electron chi connectivity index (χ4n) is 1.97. The predicted octanol–water partition coefficient (Wildman–Crippen LogP) is 1.77. The Morgan fingerprint density at radius 3 is 2.56 bits per heavy atom. The molecule has 0 aromatic carbocycles. The molecule has 0 amide bonds. The molecule has 0 aliphatic carbocycles. The molecular formula is C12H22N2O3S. The average molecular weight is 274 g/mol. The number of sulfone groups is 1. The minimum absolute atomic E-state index is 0.126. The fraction of sp³-hybridized carbons (Fsp3) is 0.750. The van der Waals surface area contributed by atoms with Gasteiger partial charge in [0.15, 0.2) is 0 Å². The van der Waals surface area contributed by atoms with Gasteiger partial charge in [-0.05, 0) is 33.7 Å². The molecule has 0 spiro atoms. The molecule has 1 heterocycles. The summed E-state index contributed by atoms with van der Waals surface area (Å²) in [5, 5.41) is 7.21. The molecule has 0 fully saturated rings. The van der Waals surface area contributed by atoms with E-state index in [0.29, 0.717) is 13.0 Å². The normalized spacial score (nSPS) is 13.8. The van der Waals surface area contributed by atoms with E-state index in [1.807, 2.05) is 20.8 Å². The molecule has 0 radical (unpaired) electrons. The highest BCUT2D eigenvalue weighted by Crippen LogP contribution is 2.20. The Bertz CT molecular complexity index is 460. The summed E-state index contributed by atoms with van der Waals surface area (Å²) < 4.78 is 27.8. The zero-order valence-corrected chi connectivity index (χ0v) is 12.3. The first kappa shape index (κ1) is 15.2. The van der Waals surface area contributed by atoms with E-state index >= 15 is 0 Å². The van der Waals surface area contributed by atoms with Crippen LogP contribution < -0.4 is 5.32 Å². The van der Waals surface area contributed by atoms with Crippen LogP contribution >= 0.6 is 0 Å². The average Bonchev–Trinajstić information content (AvgIpc) is 2.64. The molecule has 0 aliphatic heterocycles. The number of aryl methyl sites for hydroxylation is 2. The topological polar surface area (TPSA) is 72.2 Å². The van der Waals surface area contributed by atoms with Gasteiger partial charge >= 0.3 is 0 Å². The first-order chi connectivity index (χ1) is 8.37. The molecule has 18 heavy (non-hydrogen) atoms. The minimum Gasteiger partial charge on any atom is -0.361 e. The zero-order chi connectivity index (χ0) is 13.8. The van der Waals surface area contributed by atoms with Crippen molar-refractivity contribution in [3.8, 4) is 0 Å². The Hall–Kier alpha value is -0.880. The van der Waals surface area contributed by atoms with Gasteiger partial charge in [-0.3, -0.25) is 0 Å². The maximum Gasteiger partial charge on any atom is 0.150 e. The number of hydrogen-bond donors (Lipinski definition) is 1. The van der Waals surface area contributed by atoms with Crippen LogP contribution in [-0.4, -0.2) is 31.6 Å². The van der Waals surface area contributed by atoms with Gasteiger partial charge in [0.25, 0.3) is 0 Å². The van der Waals surface area contributed by atoms with E-state index in [-0.39, 0.29) is 17.5 Å².